The second kappa shape index (κ2) is 5.96. The first-order valence-electron chi connectivity index (χ1n) is 5.51. The first-order valence-corrected chi connectivity index (χ1v) is 8.13. The minimum absolute atomic E-state index is 0.0240. The summed E-state index contributed by atoms with van der Waals surface area (Å²) in [4.78, 5) is 3.34. The van der Waals surface area contributed by atoms with Crippen LogP contribution in [0.15, 0.2) is 29.3 Å². The van der Waals surface area contributed by atoms with E-state index >= 15 is 0 Å². The summed E-state index contributed by atoms with van der Waals surface area (Å²) >= 11 is 17.1. The number of aryl methyl sites for hydroxylation is 1. The zero-order chi connectivity index (χ0) is 15.8. The van der Waals surface area contributed by atoms with Gasteiger partial charge in [0.15, 0.2) is 11.0 Å². The molecule has 4 nitrogen and oxygen atoms in total. The fourth-order valence-electron chi connectivity index (χ4n) is 1.55. The number of benzene rings is 1. The minimum atomic E-state index is -4.13. The van der Waals surface area contributed by atoms with Crippen LogP contribution in [0.3, 0.4) is 0 Å². The van der Waals surface area contributed by atoms with Crippen molar-refractivity contribution in [2.75, 3.05) is 4.72 Å². The van der Waals surface area contributed by atoms with Crippen molar-refractivity contribution in [2.45, 2.75) is 11.8 Å². The van der Waals surface area contributed by atoms with E-state index in [0.29, 0.717) is 5.56 Å². The first-order chi connectivity index (χ1) is 9.74. The summed E-state index contributed by atoms with van der Waals surface area (Å²) < 4.78 is 40.5. The summed E-state index contributed by atoms with van der Waals surface area (Å²) in [6.45, 7) is 1.65. The van der Waals surface area contributed by atoms with E-state index < -0.39 is 25.8 Å². The molecule has 0 saturated carbocycles. The third-order valence-electron chi connectivity index (χ3n) is 2.64. The highest BCUT2D eigenvalue weighted by Crippen LogP contribution is 2.32. The van der Waals surface area contributed by atoms with E-state index in [0.717, 1.165) is 12.1 Å². The molecule has 0 radical (unpaired) electrons. The van der Waals surface area contributed by atoms with Crippen LogP contribution in [-0.2, 0) is 10.0 Å². The summed E-state index contributed by atoms with van der Waals surface area (Å²) in [6, 6.07) is 3.79. The van der Waals surface area contributed by atoms with Gasteiger partial charge in [-0.1, -0.05) is 34.8 Å². The Balaban J connectivity index is 2.52. The van der Waals surface area contributed by atoms with E-state index in [-0.39, 0.29) is 15.9 Å². The molecule has 0 unspecified atom stereocenters. The molecule has 112 valence electrons. The number of nitrogens with zero attached hydrogens (tertiary/aromatic N) is 1. The van der Waals surface area contributed by atoms with Crippen molar-refractivity contribution in [2.24, 2.45) is 0 Å². The molecule has 0 amide bonds. The third kappa shape index (κ3) is 3.23. The molecule has 0 aliphatic rings. The van der Waals surface area contributed by atoms with Gasteiger partial charge in [0, 0.05) is 6.20 Å². The van der Waals surface area contributed by atoms with E-state index in [1.54, 1.807) is 13.0 Å². The number of aromatic nitrogens is 1. The van der Waals surface area contributed by atoms with Gasteiger partial charge in [-0.05, 0) is 30.7 Å². The Morgan fingerprint density at radius 1 is 1.19 bits per heavy atom. The molecule has 21 heavy (non-hydrogen) atoms. The van der Waals surface area contributed by atoms with E-state index in [9.17, 15) is 12.8 Å². The van der Waals surface area contributed by atoms with Gasteiger partial charge in [-0.15, -0.1) is 0 Å². The van der Waals surface area contributed by atoms with Crippen LogP contribution >= 0.6 is 34.8 Å². The highest BCUT2D eigenvalue weighted by Gasteiger charge is 2.23. The monoisotopic (exact) mass is 368 g/mol. The lowest BCUT2D eigenvalue weighted by Crippen LogP contribution is -2.15. The van der Waals surface area contributed by atoms with Crippen LogP contribution in [0.2, 0.25) is 15.2 Å². The maximum absolute atomic E-state index is 13.6. The SMILES string of the molecule is Cc1ccnc(Cl)c1NS(=O)(=O)c1ccc(Cl)c(F)c1Cl. The summed E-state index contributed by atoms with van der Waals surface area (Å²) in [7, 11) is -4.13. The number of hydrogen-bond donors (Lipinski definition) is 1. The zero-order valence-electron chi connectivity index (χ0n) is 10.5. The second-order valence-electron chi connectivity index (χ2n) is 4.07. The van der Waals surface area contributed by atoms with E-state index in [2.05, 4.69) is 9.71 Å². The number of anilines is 1. The number of sulfonamides is 1. The molecule has 9 heteroatoms. The Labute approximate surface area is 135 Å². The summed E-state index contributed by atoms with van der Waals surface area (Å²) in [5.74, 6) is -1.00. The number of rotatable bonds is 3. The lowest BCUT2D eigenvalue weighted by Gasteiger charge is -2.13. The standard InChI is InChI=1S/C12H8Cl3FN2O2S/c1-6-4-5-17-12(15)11(6)18-21(19,20)8-3-2-7(13)10(16)9(8)14/h2-5,18H,1H3. The Hall–Kier alpha value is -1.08. The molecule has 0 bridgehead atoms. The van der Waals surface area contributed by atoms with Crippen LogP contribution in [0, 0.1) is 12.7 Å². The van der Waals surface area contributed by atoms with Gasteiger partial charge in [0.25, 0.3) is 10.0 Å². The van der Waals surface area contributed by atoms with Crippen LogP contribution in [-0.4, -0.2) is 13.4 Å². The second-order valence-corrected chi connectivity index (χ2v) is 6.87. The van der Waals surface area contributed by atoms with Gasteiger partial charge in [0.05, 0.1) is 15.7 Å². The Kier molecular flexibility index (Phi) is 4.63. The van der Waals surface area contributed by atoms with Crippen molar-refractivity contribution in [3.63, 3.8) is 0 Å². The molecule has 0 saturated heterocycles. The maximum Gasteiger partial charge on any atom is 0.263 e. The Bertz CT molecular complexity index is 792. The van der Waals surface area contributed by atoms with Gasteiger partial charge in [0.2, 0.25) is 0 Å². The van der Waals surface area contributed by atoms with Crippen molar-refractivity contribution in [1.82, 2.24) is 4.98 Å². The Morgan fingerprint density at radius 3 is 2.48 bits per heavy atom. The average Bonchev–Trinajstić information content (AvgIpc) is 2.40. The van der Waals surface area contributed by atoms with Crippen LogP contribution in [0.1, 0.15) is 5.56 Å². The zero-order valence-corrected chi connectivity index (χ0v) is 13.6. The van der Waals surface area contributed by atoms with Gasteiger partial charge in [-0.3, -0.25) is 4.72 Å². The van der Waals surface area contributed by atoms with Gasteiger partial charge in [-0.25, -0.2) is 17.8 Å². The van der Waals surface area contributed by atoms with Crippen molar-refractivity contribution in [3.05, 3.63) is 51.0 Å². The molecule has 0 aliphatic heterocycles. The summed E-state index contributed by atoms with van der Waals surface area (Å²) in [6.07, 6.45) is 1.43. The first kappa shape index (κ1) is 16.3. The summed E-state index contributed by atoms with van der Waals surface area (Å²) in [5, 5.41) is -0.883. The lowest BCUT2D eigenvalue weighted by atomic mass is 10.3. The lowest BCUT2D eigenvalue weighted by molar-refractivity contribution is 0.595. The smallest absolute Gasteiger partial charge is 0.263 e. The molecule has 2 rings (SSSR count). The molecular weight excluding hydrogens is 362 g/mol. The van der Waals surface area contributed by atoms with Crippen LogP contribution < -0.4 is 4.72 Å². The molecule has 1 heterocycles. The molecule has 1 N–H and O–H groups in total. The fraction of sp³-hybridized carbons (Fsp3) is 0.0833. The van der Waals surface area contributed by atoms with Gasteiger partial charge < -0.3 is 0 Å². The minimum Gasteiger partial charge on any atom is -0.276 e. The van der Waals surface area contributed by atoms with E-state index in [4.69, 9.17) is 34.8 Å². The van der Waals surface area contributed by atoms with Crippen molar-refractivity contribution < 1.29 is 12.8 Å². The van der Waals surface area contributed by atoms with Crippen LogP contribution in [0.4, 0.5) is 10.1 Å². The maximum atomic E-state index is 13.6. The largest absolute Gasteiger partial charge is 0.276 e. The molecule has 2 aromatic rings. The quantitative estimate of drug-likeness (QED) is 0.648. The fourth-order valence-corrected chi connectivity index (χ4v) is 3.75. The molecule has 0 aliphatic carbocycles. The predicted molar refractivity (Wildman–Crippen MR) is 81.2 cm³/mol. The topological polar surface area (TPSA) is 59.1 Å². The van der Waals surface area contributed by atoms with Crippen LogP contribution in [0.25, 0.3) is 0 Å². The molecular formula is C12H8Cl3FN2O2S. The van der Waals surface area contributed by atoms with Crippen LogP contribution in [0.5, 0.6) is 0 Å². The number of hydrogen-bond acceptors (Lipinski definition) is 3. The van der Waals surface area contributed by atoms with Crippen molar-refractivity contribution >= 4 is 50.5 Å². The predicted octanol–water partition coefficient (Wildman–Crippen LogP) is 4.29. The van der Waals surface area contributed by atoms with E-state index in [1.165, 1.54) is 6.20 Å². The Morgan fingerprint density at radius 2 is 1.86 bits per heavy atom. The van der Waals surface area contributed by atoms with Gasteiger partial charge in [-0.2, -0.15) is 0 Å². The van der Waals surface area contributed by atoms with Gasteiger partial charge >= 0.3 is 0 Å². The molecule has 0 spiro atoms. The molecule has 0 fully saturated rings. The molecule has 1 aromatic carbocycles. The number of nitrogens with one attached hydrogen (secondary N) is 1. The normalized spacial score (nSPS) is 11.5. The van der Waals surface area contributed by atoms with Crippen molar-refractivity contribution in [3.8, 4) is 0 Å². The van der Waals surface area contributed by atoms with Gasteiger partial charge in [0.1, 0.15) is 4.90 Å². The number of pyridine rings is 1. The number of halogens is 4. The highest BCUT2D eigenvalue weighted by atomic mass is 35.5. The molecule has 0 atom stereocenters. The van der Waals surface area contributed by atoms with E-state index in [1.807, 2.05) is 0 Å². The molecule has 1 aromatic heterocycles. The average molecular weight is 370 g/mol. The van der Waals surface area contributed by atoms with Crippen molar-refractivity contribution in [1.29, 1.82) is 0 Å². The summed E-state index contributed by atoms with van der Waals surface area (Å²) in [5.41, 5.74) is 0.662. The third-order valence-corrected chi connectivity index (χ3v) is 5.09. The highest BCUT2D eigenvalue weighted by molar-refractivity contribution is 7.92.